The van der Waals surface area contributed by atoms with Crippen LogP contribution in [0.4, 0.5) is 0 Å². The summed E-state index contributed by atoms with van der Waals surface area (Å²) in [4.78, 5) is 24.3. The van der Waals surface area contributed by atoms with E-state index in [1.165, 1.54) is 6.92 Å². The summed E-state index contributed by atoms with van der Waals surface area (Å²) in [5, 5.41) is 0. The molecule has 4 heteroatoms. The Bertz CT molecular complexity index is 261. The predicted octanol–water partition coefficient (Wildman–Crippen LogP) is 0.993. The van der Waals surface area contributed by atoms with Gasteiger partial charge in [-0.05, 0) is 27.2 Å². The summed E-state index contributed by atoms with van der Waals surface area (Å²) in [6, 6.07) is 0. The quantitative estimate of drug-likeness (QED) is 0.643. The second kappa shape index (κ2) is 4.75. The monoisotopic (exact) mass is 213 g/mol. The standard InChI is InChI=1S/C11H19NO3/c1-9(13)7-10(14)12-5-4-6-15-11(2,3)8-12/h4-8H2,1-3H3. The fourth-order valence-corrected chi connectivity index (χ4v) is 1.73. The molecule has 0 unspecified atom stereocenters. The first-order valence-electron chi connectivity index (χ1n) is 5.32. The highest BCUT2D eigenvalue weighted by atomic mass is 16.5. The smallest absolute Gasteiger partial charge is 0.230 e. The normalized spacial score (nSPS) is 20.9. The zero-order valence-electron chi connectivity index (χ0n) is 9.71. The third-order valence-electron chi connectivity index (χ3n) is 2.39. The maximum absolute atomic E-state index is 11.7. The number of ketones is 1. The summed E-state index contributed by atoms with van der Waals surface area (Å²) >= 11 is 0. The highest BCUT2D eigenvalue weighted by Crippen LogP contribution is 2.16. The summed E-state index contributed by atoms with van der Waals surface area (Å²) < 4.78 is 5.60. The molecule has 0 radical (unpaired) electrons. The van der Waals surface area contributed by atoms with Gasteiger partial charge in [-0.15, -0.1) is 0 Å². The second-order valence-electron chi connectivity index (χ2n) is 4.66. The molecule has 0 aromatic heterocycles. The summed E-state index contributed by atoms with van der Waals surface area (Å²) in [7, 11) is 0. The Kier molecular flexibility index (Phi) is 3.85. The van der Waals surface area contributed by atoms with Gasteiger partial charge in [-0.2, -0.15) is 0 Å². The third kappa shape index (κ3) is 4.00. The van der Waals surface area contributed by atoms with E-state index in [1.54, 1.807) is 4.90 Å². The molecule has 4 nitrogen and oxygen atoms in total. The topological polar surface area (TPSA) is 46.6 Å². The molecule has 0 saturated carbocycles. The van der Waals surface area contributed by atoms with Crippen molar-refractivity contribution in [3.8, 4) is 0 Å². The third-order valence-corrected chi connectivity index (χ3v) is 2.39. The minimum atomic E-state index is -0.303. The molecule has 0 aromatic rings. The Hall–Kier alpha value is -0.900. The maximum atomic E-state index is 11.7. The van der Waals surface area contributed by atoms with E-state index in [1.807, 2.05) is 13.8 Å². The van der Waals surface area contributed by atoms with Crippen LogP contribution in [-0.4, -0.2) is 41.9 Å². The molecule has 15 heavy (non-hydrogen) atoms. The molecule has 1 saturated heterocycles. The lowest BCUT2D eigenvalue weighted by Crippen LogP contribution is -2.42. The number of hydrogen-bond acceptors (Lipinski definition) is 3. The number of amides is 1. The fraction of sp³-hybridized carbons (Fsp3) is 0.818. The molecule has 1 rings (SSSR count). The van der Waals surface area contributed by atoms with Crippen molar-refractivity contribution in [3.05, 3.63) is 0 Å². The average molecular weight is 213 g/mol. The Morgan fingerprint density at radius 1 is 1.40 bits per heavy atom. The largest absolute Gasteiger partial charge is 0.374 e. The van der Waals surface area contributed by atoms with E-state index in [2.05, 4.69) is 0 Å². The molecule has 1 aliphatic rings. The van der Waals surface area contributed by atoms with E-state index in [9.17, 15) is 9.59 Å². The molecule has 0 atom stereocenters. The van der Waals surface area contributed by atoms with Crippen molar-refractivity contribution < 1.29 is 14.3 Å². The van der Waals surface area contributed by atoms with Crippen LogP contribution in [0.25, 0.3) is 0 Å². The van der Waals surface area contributed by atoms with Crippen molar-refractivity contribution in [2.45, 2.75) is 39.2 Å². The number of Topliss-reactive ketones (excluding diaryl/α,β-unsaturated/α-hetero) is 1. The first-order chi connectivity index (χ1) is 6.91. The van der Waals surface area contributed by atoms with Gasteiger partial charge >= 0.3 is 0 Å². The van der Waals surface area contributed by atoms with Crippen LogP contribution in [0.2, 0.25) is 0 Å². The summed E-state index contributed by atoms with van der Waals surface area (Å²) in [6.07, 6.45) is 0.850. The molecule has 1 aliphatic heterocycles. The zero-order valence-corrected chi connectivity index (χ0v) is 9.71. The van der Waals surface area contributed by atoms with Crippen LogP contribution in [0.15, 0.2) is 0 Å². The molecule has 0 bridgehead atoms. The lowest BCUT2D eigenvalue weighted by Gasteiger charge is -2.28. The molecule has 1 heterocycles. The summed E-state index contributed by atoms with van der Waals surface area (Å²) in [5.74, 6) is -0.163. The Morgan fingerprint density at radius 2 is 2.07 bits per heavy atom. The van der Waals surface area contributed by atoms with Crippen molar-refractivity contribution in [1.82, 2.24) is 4.90 Å². The fourth-order valence-electron chi connectivity index (χ4n) is 1.73. The molecule has 0 aliphatic carbocycles. The van der Waals surface area contributed by atoms with Crippen LogP contribution < -0.4 is 0 Å². The lowest BCUT2D eigenvalue weighted by molar-refractivity contribution is -0.136. The van der Waals surface area contributed by atoms with Crippen LogP contribution in [-0.2, 0) is 14.3 Å². The van der Waals surface area contributed by atoms with E-state index in [0.29, 0.717) is 19.7 Å². The van der Waals surface area contributed by atoms with Crippen molar-refractivity contribution in [3.63, 3.8) is 0 Å². The molecule has 0 aromatic carbocycles. The molecule has 0 N–H and O–H groups in total. The number of hydrogen-bond donors (Lipinski definition) is 0. The molecule has 86 valence electrons. The van der Waals surface area contributed by atoms with Gasteiger partial charge < -0.3 is 9.64 Å². The van der Waals surface area contributed by atoms with E-state index in [-0.39, 0.29) is 23.7 Å². The van der Waals surface area contributed by atoms with Gasteiger partial charge in [0.2, 0.25) is 5.91 Å². The SMILES string of the molecule is CC(=O)CC(=O)N1CCCOC(C)(C)C1. The van der Waals surface area contributed by atoms with E-state index in [0.717, 1.165) is 6.42 Å². The Morgan fingerprint density at radius 3 is 2.67 bits per heavy atom. The Balaban J connectivity index is 2.59. The Labute approximate surface area is 90.6 Å². The van der Waals surface area contributed by atoms with E-state index in [4.69, 9.17) is 4.74 Å². The predicted molar refractivity (Wildman–Crippen MR) is 56.5 cm³/mol. The molecular formula is C11H19NO3. The number of ether oxygens (including phenoxy) is 1. The molecular weight excluding hydrogens is 194 g/mol. The van der Waals surface area contributed by atoms with Crippen molar-refractivity contribution >= 4 is 11.7 Å². The minimum absolute atomic E-state index is 0.0100. The van der Waals surface area contributed by atoms with Crippen LogP contribution in [0.5, 0.6) is 0 Å². The summed E-state index contributed by atoms with van der Waals surface area (Å²) in [5.41, 5.74) is -0.303. The molecule has 1 amide bonds. The first-order valence-corrected chi connectivity index (χ1v) is 5.32. The average Bonchev–Trinajstić information content (AvgIpc) is 2.25. The number of carbonyl (C=O) groups excluding carboxylic acids is 2. The maximum Gasteiger partial charge on any atom is 0.230 e. The van der Waals surface area contributed by atoms with Crippen LogP contribution in [0.1, 0.15) is 33.6 Å². The second-order valence-corrected chi connectivity index (χ2v) is 4.66. The van der Waals surface area contributed by atoms with Gasteiger partial charge in [0, 0.05) is 19.7 Å². The van der Waals surface area contributed by atoms with Gasteiger partial charge in [0.05, 0.1) is 12.0 Å². The minimum Gasteiger partial charge on any atom is -0.374 e. The van der Waals surface area contributed by atoms with Crippen molar-refractivity contribution in [2.75, 3.05) is 19.7 Å². The van der Waals surface area contributed by atoms with Gasteiger partial charge in [-0.25, -0.2) is 0 Å². The number of rotatable bonds is 2. The van der Waals surface area contributed by atoms with Gasteiger partial charge in [0.15, 0.2) is 0 Å². The van der Waals surface area contributed by atoms with Crippen LogP contribution in [0, 0.1) is 0 Å². The number of nitrogens with zero attached hydrogens (tertiary/aromatic N) is 1. The van der Waals surface area contributed by atoms with Gasteiger partial charge in [0.25, 0.3) is 0 Å². The molecule has 0 spiro atoms. The van der Waals surface area contributed by atoms with Gasteiger partial charge in [-0.1, -0.05) is 0 Å². The zero-order chi connectivity index (χ0) is 11.5. The molecule has 1 fully saturated rings. The van der Waals surface area contributed by atoms with Crippen LogP contribution >= 0.6 is 0 Å². The van der Waals surface area contributed by atoms with Gasteiger partial charge in [-0.3, -0.25) is 9.59 Å². The summed E-state index contributed by atoms with van der Waals surface area (Å²) in [6.45, 7) is 7.31. The van der Waals surface area contributed by atoms with Crippen molar-refractivity contribution in [1.29, 1.82) is 0 Å². The van der Waals surface area contributed by atoms with Gasteiger partial charge in [0.1, 0.15) is 5.78 Å². The van der Waals surface area contributed by atoms with E-state index < -0.39 is 0 Å². The van der Waals surface area contributed by atoms with Crippen molar-refractivity contribution in [2.24, 2.45) is 0 Å². The van der Waals surface area contributed by atoms with Crippen LogP contribution in [0.3, 0.4) is 0 Å². The number of carbonyl (C=O) groups is 2. The highest BCUT2D eigenvalue weighted by Gasteiger charge is 2.28. The lowest BCUT2D eigenvalue weighted by atomic mass is 10.1. The first kappa shape index (κ1) is 12.2. The van der Waals surface area contributed by atoms with E-state index >= 15 is 0 Å². The highest BCUT2D eigenvalue weighted by molar-refractivity contribution is 5.96.